The zero-order chi connectivity index (χ0) is 16.4. The molecule has 2 heterocycles. The fourth-order valence-corrected chi connectivity index (χ4v) is 2.37. The molecular weight excluding hydrogens is 296 g/mol. The van der Waals surface area contributed by atoms with Crippen LogP contribution in [0.2, 0.25) is 0 Å². The maximum absolute atomic E-state index is 12.2. The SMILES string of the molecule is C[C@@H]1C(=O)Nc2ccc(C(=O)COC(=O)c3cccnc3)cc21. The Morgan fingerprint density at radius 3 is 2.83 bits per heavy atom. The molecule has 1 aliphatic rings. The lowest BCUT2D eigenvalue weighted by Crippen LogP contribution is -2.14. The van der Waals surface area contributed by atoms with Crippen molar-refractivity contribution in [2.24, 2.45) is 0 Å². The number of hydrogen-bond donors (Lipinski definition) is 1. The van der Waals surface area contributed by atoms with Gasteiger partial charge in [-0.15, -0.1) is 0 Å². The third-order valence-corrected chi connectivity index (χ3v) is 3.72. The number of carbonyl (C=O) groups is 3. The van der Waals surface area contributed by atoms with Crippen LogP contribution in [-0.4, -0.2) is 29.3 Å². The fourth-order valence-electron chi connectivity index (χ4n) is 2.37. The lowest BCUT2D eigenvalue weighted by atomic mass is 9.99. The number of ketones is 1. The van der Waals surface area contributed by atoms with Crippen LogP contribution >= 0.6 is 0 Å². The quantitative estimate of drug-likeness (QED) is 0.691. The van der Waals surface area contributed by atoms with E-state index >= 15 is 0 Å². The van der Waals surface area contributed by atoms with E-state index < -0.39 is 5.97 Å². The highest BCUT2D eigenvalue weighted by atomic mass is 16.5. The van der Waals surface area contributed by atoms with E-state index in [1.807, 2.05) is 0 Å². The van der Waals surface area contributed by atoms with Crippen LogP contribution < -0.4 is 5.32 Å². The van der Waals surface area contributed by atoms with E-state index in [0.717, 1.165) is 5.56 Å². The first-order valence-corrected chi connectivity index (χ1v) is 7.11. The number of amides is 1. The largest absolute Gasteiger partial charge is 0.454 e. The number of aromatic nitrogens is 1. The summed E-state index contributed by atoms with van der Waals surface area (Å²) in [5, 5.41) is 2.74. The minimum atomic E-state index is -0.599. The van der Waals surface area contributed by atoms with Crippen LogP contribution in [0.3, 0.4) is 0 Å². The van der Waals surface area contributed by atoms with Crippen LogP contribution in [-0.2, 0) is 9.53 Å². The van der Waals surface area contributed by atoms with E-state index in [-0.39, 0.29) is 29.8 Å². The summed E-state index contributed by atoms with van der Waals surface area (Å²) in [4.78, 5) is 39.4. The number of Topliss-reactive ketones (excluding diaryl/α,β-unsaturated/α-hetero) is 1. The number of pyridine rings is 1. The summed E-state index contributed by atoms with van der Waals surface area (Å²) < 4.78 is 5.00. The first-order valence-electron chi connectivity index (χ1n) is 7.11. The number of carbonyl (C=O) groups excluding carboxylic acids is 3. The van der Waals surface area contributed by atoms with Gasteiger partial charge in [-0.05, 0) is 42.8 Å². The molecule has 1 N–H and O–H groups in total. The Labute approximate surface area is 132 Å². The Bertz CT molecular complexity index is 786. The van der Waals surface area contributed by atoms with Gasteiger partial charge in [-0.1, -0.05) is 0 Å². The maximum atomic E-state index is 12.2. The third-order valence-electron chi connectivity index (χ3n) is 3.72. The highest BCUT2D eigenvalue weighted by molar-refractivity contribution is 6.05. The average Bonchev–Trinajstić information content (AvgIpc) is 2.87. The van der Waals surface area contributed by atoms with Gasteiger partial charge in [-0.3, -0.25) is 14.6 Å². The number of ether oxygens (including phenoxy) is 1. The molecule has 116 valence electrons. The van der Waals surface area contributed by atoms with Crippen molar-refractivity contribution in [2.45, 2.75) is 12.8 Å². The minimum absolute atomic E-state index is 0.0902. The van der Waals surface area contributed by atoms with E-state index in [4.69, 9.17) is 4.74 Å². The first kappa shape index (κ1) is 14.9. The van der Waals surface area contributed by atoms with E-state index in [0.29, 0.717) is 11.3 Å². The zero-order valence-electron chi connectivity index (χ0n) is 12.4. The Hall–Kier alpha value is -3.02. The van der Waals surface area contributed by atoms with E-state index in [1.54, 1.807) is 43.5 Å². The van der Waals surface area contributed by atoms with Crippen LogP contribution in [0.1, 0.15) is 39.1 Å². The average molecular weight is 310 g/mol. The van der Waals surface area contributed by atoms with Crippen LogP contribution in [0, 0.1) is 0 Å². The van der Waals surface area contributed by atoms with Gasteiger partial charge >= 0.3 is 5.97 Å². The van der Waals surface area contributed by atoms with Gasteiger partial charge in [-0.25, -0.2) is 4.79 Å². The van der Waals surface area contributed by atoms with Gasteiger partial charge in [0, 0.05) is 23.6 Å². The molecule has 0 unspecified atom stereocenters. The number of fused-ring (bicyclic) bond motifs is 1. The number of nitrogens with zero attached hydrogens (tertiary/aromatic N) is 1. The Balaban J connectivity index is 1.68. The van der Waals surface area contributed by atoms with Gasteiger partial charge in [-0.2, -0.15) is 0 Å². The predicted molar refractivity (Wildman–Crippen MR) is 82.3 cm³/mol. The monoisotopic (exact) mass is 310 g/mol. The smallest absolute Gasteiger partial charge is 0.340 e. The van der Waals surface area contributed by atoms with Gasteiger partial charge < -0.3 is 10.1 Å². The number of rotatable bonds is 4. The molecule has 6 heteroatoms. The number of nitrogens with one attached hydrogen (secondary N) is 1. The summed E-state index contributed by atoms with van der Waals surface area (Å²) in [5.41, 5.74) is 2.19. The molecule has 0 bridgehead atoms. The lowest BCUT2D eigenvalue weighted by molar-refractivity contribution is -0.116. The standard InChI is InChI=1S/C17H14N2O4/c1-10-13-7-11(4-5-14(13)19-16(10)21)15(20)9-23-17(22)12-3-2-6-18-8-12/h2-8,10H,9H2,1H3,(H,19,21)/t10-/m0/s1. The minimum Gasteiger partial charge on any atom is -0.454 e. The molecule has 1 aliphatic heterocycles. The molecule has 0 fully saturated rings. The summed E-state index contributed by atoms with van der Waals surface area (Å²) in [5.74, 6) is -1.31. The van der Waals surface area contributed by atoms with Gasteiger partial charge in [0.1, 0.15) is 0 Å². The van der Waals surface area contributed by atoms with Crippen LogP contribution in [0.4, 0.5) is 5.69 Å². The van der Waals surface area contributed by atoms with Crippen LogP contribution in [0.5, 0.6) is 0 Å². The Morgan fingerprint density at radius 1 is 1.26 bits per heavy atom. The highest BCUT2D eigenvalue weighted by Gasteiger charge is 2.27. The summed E-state index contributed by atoms with van der Waals surface area (Å²) in [6.07, 6.45) is 2.92. The Morgan fingerprint density at radius 2 is 2.09 bits per heavy atom. The zero-order valence-corrected chi connectivity index (χ0v) is 12.4. The van der Waals surface area contributed by atoms with E-state index in [2.05, 4.69) is 10.3 Å². The summed E-state index contributed by atoms with van der Waals surface area (Å²) in [6, 6.07) is 8.14. The van der Waals surface area contributed by atoms with Crippen molar-refractivity contribution in [2.75, 3.05) is 11.9 Å². The molecule has 6 nitrogen and oxygen atoms in total. The molecule has 2 aromatic rings. The van der Waals surface area contributed by atoms with E-state index in [1.165, 1.54) is 6.20 Å². The van der Waals surface area contributed by atoms with Crippen LogP contribution in [0.15, 0.2) is 42.7 Å². The molecule has 0 aliphatic carbocycles. The molecule has 0 spiro atoms. The predicted octanol–water partition coefficient (Wildman–Crippen LogP) is 2.18. The van der Waals surface area contributed by atoms with Gasteiger partial charge in [0.05, 0.1) is 11.5 Å². The summed E-state index contributed by atoms with van der Waals surface area (Å²) in [6.45, 7) is 1.42. The molecule has 23 heavy (non-hydrogen) atoms. The molecule has 1 aromatic carbocycles. The molecule has 1 aromatic heterocycles. The maximum Gasteiger partial charge on any atom is 0.340 e. The van der Waals surface area contributed by atoms with Crippen molar-refractivity contribution >= 4 is 23.3 Å². The van der Waals surface area contributed by atoms with Crippen molar-refractivity contribution in [3.63, 3.8) is 0 Å². The highest BCUT2D eigenvalue weighted by Crippen LogP contribution is 2.32. The molecular formula is C17H14N2O4. The number of benzene rings is 1. The molecule has 0 saturated heterocycles. The fraction of sp³-hybridized carbons (Fsp3) is 0.176. The van der Waals surface area contributed by atoms with Crippen LogP contribution in [0.25, 0.3) is 0 Å². The summed E-state index contributed by atoms with van der Waals surface area (Å²) in [7, 11) is 0. The molecule has 1 atom stereocenters. The van der Waals surface area contributed by atoms with Crippen molar-refractivity contribution < 1.29 is 19.1 Å². The number of hydrogen-bond acceptors (Lipinski definition) is 5. The summed E-state index contributed by atoms with van der Waals surface area (Å²) >= 11 is 0. The van der Waals surface area contributed by atoms with Crippen molar-refractivity contribution in [3.8, 4) is 0 Å². The van der Waals surface area contributed by atoms with Gasteiger partial charge in [0.2, 0.25) is 5.91 Å². The van der Waals surface area contributed by atoms with Crippen molar-refractivity contribution in [1.29, 1.82) is 0 Å². The topological polar surface area (TPSA) is 85.4 Å². The molecule has 1 amide bonds. The van der Waals surface area contributed by atoms with Gasteiger partial charge in [0.25, 0.3) is 0 Å². The van der Waals surface area contributed by atoms with Gasteiger partial charge in [0.15, 0.2) is 12.4 Å². The second-order valence-corrected chi connectivity index (χ2v) is 5.25. The normalized spacial score (nSPS) is 15.7. The molecule has 0 saturated carbocycles. The second kappa shape index (κ2) is 6.00. The van der Waals surface area contributed by atoms with E-state index in [9.17, 15) is 14.4 Å². The first-order chi connectivity index (χ1) is 11.1. The molecule has 0 radical (unpaired) electrons. The van der Waals surface area contributed by atoms with Crippen molar-refractivity contribution in [3.05, 3.63) is 59.4 Å². The lowest BCUT2D eigenvalue weighted by Gasteiger charge is -2.06. The molecule has 3 rings (SSSR count). The third kappa shape index (κ3) is 2.96. The van der Waals surface area contributed by atoms with Crippen molar-refractivity contribution in [1.82, 2.24) is 4.98 Å². The number of anilines is 1. The number of esters is 1. The Kier molecular flexibility index (Phi) is 3.89. The second-order valence-electron chi connectivity index (χ2n) is 5.25.